The average Bonchev–Trinajstić information content (AvgIpc) is 2.72. The monoisotopic (exact) mass is 438 g/mol. The molecule has 1 atom stereocenters. The van der Waals surface area contributed by atoms with E-state index in [9.17, 15) is 9.59 Å². The van der Waals surface area contributed by atoms with E-state index in [0.29, 0.717) is 25.2 Å². The molecule has 2 aromatic carbocycles. The summed E-state index contributed by atoms with van der Waals surface area (Å²) in [6, 6.07) is 17.8. The Morgan fingerprint density at radius 2 is 1.62 bits per heavy atom. The van der Waals surface area contributed by atoms with Crippen LogP contribution in [0, 0.1) is 5.92 Å². The van der Waals surface area contributed by atoms with Crippen molar-refractivity contribution in [1.29, 1.82) is 0 Å². The van der Waals surface area contributed by atoms with Gasteiger partial charge in [-0.05, 0) is 70.2 Å². The van der Waals surface area contributed by atoms with Crippen molar-refractivity contribution in [2.75, 3.05) is 6.61 Å². The van der Waals surface area contributed by atoms with E-state index < -0.39 is 5.60 Å². The van der Waals surface area contributed by atoms with Gasteiger partial charge in [0.1, 0.15) is 18.0 Å². The molecule has 5 heteroatoms. The van der Waals surface area contributed by atoms with Gasteiger partial charge in [-0.15, -0.1) is 0 Å². The topological polar surface area (TPSA) is 61.8 Å². The van der Waals surface area contributed by atoms with E-state index in [-0.39, 0.29) is 24.3 Å². The maximum Gasteiger partial charge on any atom is 0.333 e. The molecule has 5 nitrogen and oxygen atoms in total. The fourth-order valence-electron chi connectivity index (χ4n) is 3.22. The van der Waals surface area contributed by atoms with E-state index >= 15 is 0 Å². The van der Waals surface area contributed by atoms with E-state index in [4.69, 9.17) is 14.2 Å². The largest absolute Gasteiger partial charge is 0.489 e. The van der Waals surface area contributed by atoms with Gasteiger partial charge in [0.15, 0.2) is 0 Å². The number of carbonyl (C=O) groups is 2. The zero-order chi connectivity index (χ0) is 23.6. The van der Waals surface area contributed by atoms with Gasteiger partial charge in [-0.25, -0.2) is 4.79 Å². The molecule has 0 saturated carbocycles. The molecule has 0 amide bonds. The Hall–Kier alpha value is -3.08. The minimum atomic E-state index is -0.556. The van der Waals surface area contributed by atoms with E-state index in [1.807, 2.05) is 81.4 Å². The maximum absolute atomic E-state index is 12.4. The third kappa shape index (κ3) is 9.38. The van der Waals surface area contributed by atoms with E-state index in [2.05, 4.69) is 0 Å². The van der Waals surface area contributed by atoms with Gasteiger partial charge in [0.2, 0.25) is 0 Å². The molecule has 0 aliphatic carbocycles. The summed E-state index contributed by atoms with van der Waals surface area (Å²) in [6.45, 7) is 9.81. The van der Waals surface area contributed by atoms with Crippen LogP contribution in [-0.2, 0) is 32.1 Å². The Bertz CT molecular complexity index is 892. The smallest absolute Gasteiger partial charge is 0.333 e. The van der Waals surface area contributed by atoms with Crippen molar-refractivity contribution in [2.45, 2.75) is 59.7 Å². The minimum Gasteiger partial charge on any atom is -0.489 e. The molecule has 0 unspecified atom stereocenters. The van der Waals surface area contributed by atoms with Crippen LogP contribution in [0.4, 0.5) is 0 Å². The van der Waals surface area contributed by atoms with Gasteiger partial charge in [0.25, 0.3) is 0 Å². The Morgan fingerprint density at radius 3 is 2.22 bits per heavy atom. The van der Waals surface area contributed by atoms with Crippen LogP contribution in [-0.4, -0.2) is 24.1 Å². The Morgan fingerprint density at radius 1 is 0.969 bits per heavy atom. The molecule has 2 rings (SSSR count). The highest BCUT2D eigenvalue weighted by Crippen LogP contribution is 2.21. The van der Waals surface area contributed by atoms with Crippen molar-refractivity contribution in [3.63, 3.8) is 0 Å². The predicted octanol–water partition coefficient (Wildman–Crippen LogP) is 5.67. The summed E-state index contributed by atoms with van der Waals surface area (Å²) in [6.07, 6.45) is 2.58. The number of allylic oxidation sites excluding steroid dienone is 1. The lowest BCUT2D eigenvalue weighted by molar-refractivity contribution is -0.155. The fourth-order valence-corrected chi connectivity index (χ4v) is 3.22. The summed E-state index contributed by atoms with van der Waals surface area (Å²) in [5, 5.41) is 0. The van der Waals surface area contributed by atoms with Gasteiger partial charge < -0.3 is 14.2 Å². The first kappa shape index (κ1) is 25.2. The van der Waals surface area contributed by atoms with Gasteiger partial charge in [-0.3, -0.25) is 4.79 Å². The van der Waals surface area contributed by atoms with Crippen LogP contribution in [0.1, 0.15) is 52.2 Å². The van der Waals surface area contributed by atoms with Crippen LogP contribution < -0.4 is 4.74 Å². The molecule has 2 aromatic rings. The molecule has 172 valence electrons. The predicted molar refractivity (Wildman–Crippen MR) is 125 cm³/mol. The molecule has 0 N–H and O–H groups in total. The Kier molecular flexibility index (Phi) is 9.51. The van der Waals surface area contributed by atoms with Crippen LogP contribution in [0.2, 0.25) is 0 Å². The number of rotatable bonds is 10. The summed E-state index contributed by atoms with van der Waals surface area (Å²) in [5.74, 6) is -0.0746. The van der Waals surface area contributed by atoms with Crippen molar-refractivity contribution < 1.29 is 23.8 Å². The summed E-state index contributed by atoms with van der Waals surface area (Å²) in [5.41, 5.74) is 2.08. The molecular weight excluding hydrogens is 404 g/mol. The number of esters is 2. The zero-order valence-corrected chi connectivity index (χ0v) is 19.7. The first-order chi connectivity index (χ1) is 15.2. The summed E-state index contributed by atoms with van der Waals surface area (Å²) < 4.78 is 16.4. The molecule has 0 aromatic heterocycles. The quantitative estimate of drug-likeness (QED) is 0.353. The van der Waals surface area contributed by atoms with Crippen LogP contribution in [0.15, 0.2) is 66.2 Å². The molecule has 0 aliphatic heterocycles. The first-order valence-corrected chi connectivity index (χ1v) is 11.0. The van der Waals surface area contributed by atoms with Crippen LogP contribution >= 0.6 is 0 Å². The Balaban J connectivity index is 2.07. The summed E-state index contributed by atoms with van der Waals surface area (Å²) in [4.78, 5) is 24.5. The van der Waals surface area contributed by atoms with Crippen LogP contribution in [0.3, 0.4) is 0 Å². The first-order valence-electron chi connectivity index (χ1n) is 11.0. The van der Waals surface area contributed by atoms with Gasteiger partial charge in [0, 0.05) is 5.57 Å². The molecule has 0 spiro atoms. The lowest BCUT2D eigenvalue weighted by Gasteiger charge is -2.21. The standard InChI is InChI=1S/C27H34O5/c1-6-30-26(29)20(2)16-23(18-25(28)32-27(3,4)5)17-21-12-14-24(15-13-21)31-19-22-10-8-7-9-11-22/h7-16,23H,6,17-19H2,1-5H3/b20-16-/t23-/m1/s1. The maximum atomic E-state index is 12.4. The second-order valence-electron chi connectivity index (χ2n) is 8.74. The van der Waals surface area contributed by atoms with Gasteiger partial charge in [-0.2, -0.15) is 0 Å². The normalized spacial score (nSPS) is 12.7. The Labute approximate surface area is 191 Å². The van der Waals surface area contributed by atoms with Gasteiger partial charge >= 0.3 is 11.9 Å². The van der Waals surface area contributed by atoms with Crippen molar-refractivity contribution in [3.05, 3.63) is 77.4 Å². The highest BCUT2D eigenvalue weighted by atomic mass is 16.6. The fraction of sp³-hybridized carbons (Fsp3) is 0.407. The number of hydrogen-bond donors (Lipinski definition) is 0. The lowest BCUT2D eigenvalue weighted by atomic mass is 9.94. The third-order valence-electron chi connectivity index (χ3n) is 4.60. The van der Waals surface area contributed by atoms with Crippen molar-refractivity contribution in [3.8, 4) is 5.75 Å². The summed E-state index contributed by atoms with van der Waals surface area (Å²) in [7, 11) is 0. The molecule has 0 aliphatic rings. The molecule has 0 radical (unpaired) electrons. The molecule has 0 saturated heterocycles. The van der Waals surface area contributed by atoms with Crippen molar-refractivity contribution >= 4 is 11.9 Å². The molecule has 0 heterocycles. The van der Waals surface area contributed by atoms with Crippen LogP contribution in [0.25, 0.3) is 0 Å². The molecule has 0 bridgehead atoms. The van der Waals surface area contributed by atoms with E-state index in [1.54, 1.807) is 13.8 Å². The summed E-state index contributed by atoms with van der Waals surface area (Å²) >= 11 is 0. The van der Waals surface area contributed by atoms with Gasteiger partial charge in [-0.1, -0.05) is 48.5 Å². The van der Waals surface area contributed by atoms with Gasteiger partial charge in [0.05, 0.1) is 13.0 Å². The lowest BCUT2D eigenvalue weighted by Crippen LogP contribution is -2.25. The zero-order valence-electron chi connectivity index (χ0n) is 19.7. The van der Waals surface area contributed by atoms with Crippen LogP contribution in [0.5, 0.6) is 5.75 Å². The number of benzene rings is 2. The molecular formula is C27H34O5. The minimum absolute atomic E-state index is 0.181. The highest BCUT2D eigenvalue weighted by molar-refractivity contribution is 5.87. The van der Waals surface area contributed by atoms with Crippen molar-refractivity contribution in [1.82, 2.24) is 0 Å². The number of carbonyl (C=O) groups excluding carboxylic acids is 2. The van der Waals surface area contributed by atoms with Crippen molar-refractivity contribution in [2.24, 2.45) is 5.92 Å². The molecule has 32 heavy (non-hydrogen) atoms. The molecule has 0 fully saturated rings. The second-order valence-corrected chi connectivity index (χ2v) is 8.74. The number of hydrogen-bond acceptors (Lipinski definition) is 5. The number of ether oxygens (including phenoxy) is 3. The van der Waals surface area contributed by atoms with E-state index in [0.717, 1.165) is 16.9 Å². The third-order valence-corrected chi connectivity index (χ3v) is 4.60. The second kappa shape index (κ2) is 12.1. The highest BCUT2D eigenvalue weighted by Gasteiger charge is 2.21. The average molecular weight is 439 g/mol. The van der Waals surface area contributed by atoms with E-state index in [1.165, 1.54) is 0 Å². The SMILES string of the molecule is CCOC(=O)/C(C)=C\[C@@H](CC(=O)OC(C)(C)C)Cc1ccc(OCc2ccccc2)cc1.